The van der Waals surface area contributed by atoms with E-state index in [2.05, 4.69) is 31.9 Å². The smallest absolute Gasteiger partial charge is 0.393 e. The quantitative estimate of drug-likeness (QED) is 0.194. The van der Waals surface area contributed by atoms with Crippen LogP contribution >= 0.6 is 11.6 Å². The van der Waals surface area contributed by atoms with E-state index in [-0.39, 0.29) is 35.9 Å². The molecule has 3 fully saturated rings. The zero-order valence-corrected chi connectivity index (χ0v) is 20.1. The Balaban J connectivity index is 1.70. The second kappa shape index (κ2) is 10.2. The standard InChI is InChI=1S/C20H35ClF3N7O2/c1-19(2,3)27-18(26-17(33)12-9-31(4)30-16(12)20(22,23)24)25-15-8-14(28-29-15)11-7-10(32)5-6-13(11)21/h10-16,28-30,32H,5-9H2,1-4H3,(H2,25,26,27,33). The molecule has 1 amide bonds. The van der Waals surface area contributed by atoms with E-state index in [0.717, 1.165) is 6.42 Å². The molecule has 9 nitrogen and oxygen atoms in total. The number of nitrogens with zero attached hydrogens (tertiary/aromatic N) is 2. The van der Waals surface area contributed by atoms with Crippen molar-refractivity contribution in [3.05, 3.63) is 0 Å². The van der Waals surface area contributed by atoms with Gasteiger partial charge < -0.3 is 10.4 Å². The van der Waals surface area contributed by atoms with Gasteiger partial charge in [-0.05, 0) is 46.0 Å². The number of nitrogens with one attached hydrogen (secondary N) is 5. The lowest BCUT2D eigenvalue weighted by Gasteiger charge is -2.34. The lowest BCUT2D eigenvalue weighted by Crippen LogP contribution is -2.54. The lowest BCUT2D eigenvalue weighted by molar-refractivity contribution is -0.168. The molecule has 7 atom stereocenters. The van der Waals surface area contributed by atoms with Crippen LogP contribution in [0.4, 0.5) is 13.2 Å². The Morgan fingerprint density at radius 2 is 1.88 bits per heavy atom. The number of aliphatic hydroxyl groups is 1. The number of halogens is 4. The molecule has 7 unspecified atom stereocenters. The number of guanidine groups is 1. The minimum absolute atomic E-state index is 0.0231. The number of aliphatic imine (C=N–C) groups is 1. The number of aliphatic hydroxyl groups excluding tert-OH is 1. The Labute approximate surface area is 197 Å². The molecule has 1 saturated carbocycles. The molecule has 33 heavy (non-hydrogen) atoms. The normalized spacial score (nSPS) is 36.8. The molecule has 3 rings (SSSR count). The largest absolute Gasteiger partial charge is 0.405 e. The fourth-order valence-electron chi connectivity index (χ4n) is 4.62. The van der Waals surface area contributed by atoms with Crippen LogP contribution in [0.1, 0.15) is 46.5 Å². The van der Waals surface area contributed by atoms with Gasteiger partial charge in [0.15, 0.2) is 5.96 Å². The maximum Gasteiger partial charge on any atom is 0.405 e. The average molecular weight is 498 g/mol. The van der Waals surface area contributed by atoms with Gasteiger partial charge in [0, 0.05) is 37.0 Å². The Hall–Kier alpha value is -1.18. The highest BCUT2D eigenvalue weighted by atomic mass is 35.5. The van der Waals surface area contributed by atoms with Crippen LogP contribution in [-0.4, -0.2) is 77.0 Å². The summed E-state index contributed by atoms with van der Waals surface area (Å²) in [6, 6.07) is -1.99. The molecule has 0 radical (unpaired) electrons. The van der Waals surface area contributed by atoms with E-state index in [1.165, 1.54) is 12.1 Å². The lowest BCUT2D eigenvalue weighted by atomic mass is 9.81. The zero-order valence-electron chi connectivity index (χ0n) is 19.3. The molecule has 2 heterocycles. The minimum Gasteiger partial charge on any atom is -0.393 e. The summed E-state index contributed by atoms with van der Waals surface area (Å²) < 4.78 is 40.2. The van der Waals surface area contributed by atoms with E-state index >= 15 is 0 Å². The molecular formula is C20H35ClF3N7O2. The van der Waals surface area contributed by atoms with Crippen LogP contribution in [0.15, 0.2) is 4.99 Å². The van der Waals surface area contributed by atoms with Crippen molar-refractivity contribution in [2.75, 3.05) is 13.6 Å². The summed E-state index contributed by atoms with van der Waals surface area (Å²) in [7, 11) is 1.47. The van der Waals surface area contributed by atoms with Crippen LogP contribution in [-0.2, 0) is 4.79 Å². The summed E-state index contributed by atoms with van der Waals surface area (Å²) in [6.07, 6.45) is -2.80. The second-order valence-corrected chi connectivity index (χ2v) is 10.8. The van der Waals surface area contributed by atoms with Crippen molar-refractivity contribution in [1.82, 2.24) is 31.9 Å². The molecule has 190 valence electrons. The second-order valence-electron chi connectivity index (χ2n) is 10.3. The van der Waals surface area contributed by atoms with Crippen molar-refractivity contribution < 1.29 is 23.1 Å². The van der Waals surface area contributed by atoms with Crippen molar-refractivity contribution in [3.63, 3.8) is 0 Å². The predicted octanol–water partition coefficient (Wildman–Crippen LogP) is 0.805. The molecule has 0 aromatic carbocycles. The van der Waals surface area contributed by atoms with Gasteiger partial charge in [0.1, 0.15) is 12.2 Å². The Bertz CT molecular complexity index is 733. The number of rotatable bonds is 3. The number of hydrazine groups is 2. The van der Waals surface area contributed by atoms with Crippen molar-refractivity contribution in [1.29, 1.82) is 0 Å². The molecular weight excluding hydrogens is 463 g/mol. The average Bonchev–Trinajstić information content (AvgIpc) is 3.28. The molecule has 13 heteroatoms. The number of hydrogen-bond acceptors (Lipinski definition) is 7. The third kappa shape index (κ3) is 7.15. The molecule has 0 spiro atoms. The van der Waals surface area contributed by atoms with Crippen molar-refractivity contribution >= 4 is 23.5 Å². The summed E-state index contributed by atoms with van der Waals surface area (Å²) in [5.74, 6) is -1.91. The molecule has 3 aliphatic rings. The Morgan fingerprint density at radius 3 is 2.52 bits per heavy atom. The highest BCUT2D eigenvalue weighted by Crippen LogP contribution is 2.34. The number of hydrogen-bond donors (Lipinski definition) is 6. The first-order valence-electron chi connectivity index (χ1n) is 11.3. The molecule has 1 aliphatic carbocycles. The minimum atomic E-state index is -4.56. The van der Waals surface area contributed by atoms with Gasteiger partial charge in [0.25, 0.3) is 0 Å². The van der Waals surface area contributed by atoms with E-state index in [1.54, 1.807) is 0 Å². The van der Waals surface area contributed by atoms with Gasteiger partial charge in [-0.25, -0.2) is 20.9 Å². The summed E-state index contributed by atoms with van der Waals surface area (Å²) in [5, 5.41) is 16.9. The highest BCUT2D eigenvalue weighted by Gasteiger charge is 2.52. The van der Waals surface area contributed by atoms with Crippen LogP contribution in [0, 0.1) is 11.8 Å². The van der Waals surface area contributed by atoms with E-state index in [0.29, 0.717) is 19.3 Å². The third-order valence-corrected chi connectivity index (χ3v) is 6.70. The van der Waals surface area contributed by atoms with Crippen LogP contribution in [0.25, 0.3) is 0 Å². The van der Waals surface area contributed by atoms with Gasteiger partial charge in [-0.3, -0.25) is 15.5 Å². The van der Waals surface area contributed by atoms with Gasteiger partial charge in [0.2, 0.25) is 5.91 Å². The number of carbonyl (C=O) groups excluding carboxylic acids is 1. The first-order chi connectivity index (χ1) is 15.2. The Kier molecular flexibility index (Phi) is 8.17. The predicted molar refractivity (Wildman–Crippen MR) is 119 cm³/mol. The van der Waals surface area contributed by atoms with Crippen LogP contribution < -0.4 is 26.9 Å². The summed E-state index contributed by atoms with van der Waals surface area (Å²) >= 11 is 6.49. The van der Waals surface area contributed by atoms with Crippen molar-refractivity contribution in [2.24, 2.45) is 16.8 Å². The van der Waals surface area contributed by atoms with E-state index in [4.69, 9.17) is 11.6 Å². The van der Waals surface area contributed by atoms with Crippen LogP contribution in [0.5, 0.6) is 0 Å². The van der Waals surface area contributed by atoms with Crippen LogP contribution in [0.2, 0.25) is 0 Å². The molecule has 0 bridgehead atoms. The highest BCUT2D eigenvalue weighted by molar-refractivity contribution is 6.20. The molecule has 0 aromatic heterocycles. The molecule has 6 N–H and O–H groups in total. The van der Waals surface area contributed by atoms with Crippen LogP contribution in [0.3, 0.4) is 0 Å². The van der Waals surface area contributed by atoms with Gasteiger partial charge in [-0.2, -0.15) is 13.2 Å². The molecule has 0 aromatic rings. The monoisotopic (exact) mass is 497 g/mol. The van der Waals surface area contributed by atoms with Gasteiger partial charge in [-0.1, -0.05) is 0 Å². The topological polar surface area (TPSA) is 113 Å². The van der Waals surface area contributed by atoms with Gasteiger partial charge in [0.05, 0.1) is 12.0 Å². The molecule has 2 saturated heterocycles. The van der Waals surface area contributed by atoms with E-state index in [1.807, 2.05) is 20.8 Å². The SMILES string of the molecule is CN1CC(C(=O)N/C(=N/C2CC(C3CC(O)CCC3Cl)NN2)NC(C)(C)C)C(C(F)(F)F)N1. The summed E-state index contributed by atoms with van der Waals surface area (Å²) in [5.41, 5.74) is 8.06. The summed E-state index contributed by atoms with van der Waals surface area (Å²) in [4.78, 5) is 17.4. The maximum atomic E-state index is 13.4. The number of alkyl halides is 4. The maximum absolute atomic E-state index is 13.4. The molecule has 2 aliphatic heterocycles. The van der Waals surface area contributed by atoms with Crippen molar-refractivity contribution in [2.45, 2.75) is 87.9 Å². The van der Waals surface area contributed by atoms with Gasteiger partial charge >= 0.3 is 6.18 Å². The number of amides is 1. The van der Waals surface area contributed by atoms with E-state index < -0.39 is 35.7 Å². The fourth-order valence-corrected chi connectivity index (χ4v) is 5.03. The van der Waals surface area contributed by atoms with Crippen molar-refractivity contribution in [3.8, 4) is 0 Å². The summed E-state index contributed by atoms with van der Waals surface area (Å²) in [6.45, 7) is 5.51. The first-order valence-corrected chi connectivity index (χ1v) is 11.7. The van der Waals surface area contributed by atoms with Gasteiger partial charge in [-0.15, -0.1) is 11.6 Å². The Morgan fingerprint density at radius 1 is 1.18 bits per heavy atom. The number of carbonyl (C=O) groups is 1. The first kappa shape index (κ1) is 26.4. The fraction of sp³-hybridized carbons (Fsp3) is 0.900. The van der Waals surface area contributed by atoms with E-state index in [9.17, 15) is 23.1 Å². The zero-order chi connectivity index (χ0) is 24.6. The third-order valence-electron chi connectivity index (χ3n) is 6.16.